The smallest absolute Gasteiger partial charge is 0.315 e. The Morgan fingerprint density at radius 3 is 2.64 bits per heavy atom. The van der Waals surface area contributed by atoms with E-state index in [9.17, 15) is 9.59 Å². The number of hydrogen-bond acceptors (Lipinski definition) is 3. The second kappa shape index (κ2) is 5.89. The van der Waals surface area contributed by atoms with Crippen molar-refractivity contribution in [2.75, 3.05) is 7.11 Å². The quantitative estimate of drug-likeness (QED) is 0.342. The summed E-state index contributed by atoms with van der Waals surface area (Å²) in [6.45, 7) is 2.01. The lowest BCUT2D eigenvalue weighted by atomic mass is 10.0. The summed E-state index contributed by atoms with van der Waals surface area (Å²) >= 11 is 0. The zero-order valence-corrected chi connectivity index (χ0v) is 7.00. The molecule has 0 amide bonds. The first-order valence-electron chi connectivity index (χ1n) is 3.79. The van der Waals surface area contributed by atoms with Gasteiger partial charge in [-0.2, -0.15) is 0 Å². The van der Waals surface area contributed by atoms with Crippen LogP contribution >= 0.6 is 0 Å². The van der Waals surface area contributed by atoms with Gasteiger partial charge in [-0.15, -0.1) is 0 Å². The monoisotopic (exact) mass is 158 g/mol. The average Bonchev–Trinajstić information content (AvgIpc) is 2.05. The molecule has 11 heavy (non-hydrogen) atoms. The molecule has 0 saturated heterocycles. The van der Waals surface area contributed by atoms with Crippen LogP contribution in [0, 0.1) is 5.92 Å². The predicted molar refractivity (Wildman–Crippen MR) is 41.1 cm³/mol. The topological polar surface area (TPSA) is 43.4 Å². The summed E-state index contributed by atoms with van der Waals surface area (Å²) in [7, 11) is 1.30. The summed E-state index contributed by atoms with van der Waals surface area (Å²) in [4.78, 5) is 21.1. The molecule has 0 aromatic carbocycles. The van der Waals surface area contributed by atoms with Gasteiger partial charge in [0.05, 0.1) is 7.11 Å². The maximum Gasteiger partial charge on any atom is 0.315 e. The van der Waals surface area contributed by atoms with E-state index in [0.717, 1.165) is 12.8 Å². The zero-order valence-electron chi connectivity index (χ0n) is 7.00. The molecular weight excluding hydrogens is 144 g/mol. The number of unbranched alkanes of at least 4 members (excludes halogenated alkanes) is 1. The number of carbonyl (C=O) groups is 2. The summed E-state index contributed by atoms with van der Waals surface area (Å²) in [5, 5.41) is 0. The molecule has 0 N–H and O–H groups in total. The Morgan fingerprint density at radius 2 is 2.27 bits per heavy atom. The molecule has 3 heteroatoms. The van der Waals surface area contributed by atoms with Crippen LogP contribution in [0.2, 0.25) is 0 Å². The van der Waals surface area contributed by atoms with E-state index in [2.05, 4.69) is 4.74 Å². The van der Waals surface area contributed by atoms with Gasteiger partial charge >= 0.3 is 5.97 Å². The van der Waals surface area contributed by atoms with Crippen LogP contribution in [0.25, 0.3) is 0 Å². The first kappa shape index (κ1) is 10.1. The van der Waals surface area contributed by atoms with E-state index in [0.29, 0.717) is 12.7 Å². The summed E-state index contributed by atoms with van der Waals surface area (Å²) in [5.74, 6) is -0.978. The highest BCUT2D eigenvalue weighted by Crippen LogP contribution is 2.06. The molecule has 0 rings (SSSR count). The van der Waals surface area contributed by atoms with Gasteiger partial charge in [0.25, 0.3) is 0 Å². The maximum atomic E-state index is 10.8. The van der Waals surface area contributed by atoms with Crippen molar-refractivity contribution in [3.8, 4) is 0 Å². The molecule has 0 aromatic rings. The molecule has 0 radical (unpaired) electrons. The van der Waals surface area contributed by atoms with Gasteiger partial charge in [0.1, 0.15) is 12.2 Å². The van der Waals surface area contributed by atoms with E-state index in [1.165, 1.54) is 7.11 Å². The molecule has 0 spiro atoms. The number of carbonyl (C=O) groups excluding carboxylic acids is 2. The Hall–Kier alpha value is -0.860. The lowest BCUT2D eigenvalue weighted by molar-refractivity contribution is -0.147. The van der Waals surface area contributed by atoms with Crippen molar-refractivity contribution in [3.05, 3.63) is 0 Å². The molecule has 64 valence electrons. The number of ether oxygens (including phenoxy) is 1. The highest BCUT2D eigenvalue weighted by Gasteiger charge is 2.16. The van der Waals surface area contributed by atoms with Gasteiger partial charge < -0.3 is 9.53 Å². The van der Waals surface area contributed by atoms with Crippen molar-refractivity contribution in [1.82, 2.24) is 0 Å². The number of esters is 1. The van der Waals surface area contributed by atoms with Crippen LogP contribution in [0.1, 0.15) is 26.2 Å². The number of rotatable bonds is 5. The summed E-state index contributed by atoms with van der Waals surface area (Å²) in [6, 6.07) is 0. The molecule has 0 aliphatic rings. The van der Waals surface area contributed by atoms with Crippen LogP contribution in [-0.2, 0) is 14.3 Å². The van der Waals surface area contributed by atoms with Gasteiger partial charge in [0, 0.05) is 0 Å². The molecule has 1 atom stereocenters. The molecule has 0 aliphatic carbocycles. The van der Waals surface area contributed by atoms with Gasteiger partial charge in [-0.1, -0.05) is 19.8 Å². The minimum atomic E-state index is -0.556. The van der Waals surface area contributed by atoms with Crippen molar-refractivity contribution in [2.45, 2.75) is 26.2 Å². The largest absolute Gasteiger partial charge is 0.468 e. The number of methoxy groups -OCH3 is 1. The Labute approximate surface area is 66.7 Å². The van der Waals surface area contributed by atoms with E-state index in [-0.39, 0.29) is 0 Å². The van der Waals surface area contributed by atoms with Gasteiger partial charge in [-0.25, -0.2) is 0 Å². The van der Waals surface area contributed by atoms with Gasteiger partial charge in [-0.05, 0) is 6.42 Å². The third-order valence-corrected chi connectivity index (χ3v) is 1.54. The Kier molecular flexibility index (Phi) is 5.43. The molecule has 0 heterocycles. The van der Waals surface area contributed by atoms with Crippen molar-refractivity contribution in [1.29, 1.82) is 0 Å². The van der Waals surface area contributed by atoms with Crippen LogP contribution in [0.3, 0.4) is 0 Å². The van der Waals surface area contributed by atoms with E-state index < -0.39 is 11.9 Å². The summed E-state index contributed by atoms with van der Waals surface area (Å²) in [5.41, 5.74) is 0. The second-order valence-corrected chi connectivity index (χ2v) is 2.41. The van der Waals surface area contributed by atoms with Crippen molar-refractivity contribution in [2.24, 2.45) is 5.92 Å². The SMILES string of the molecule is CCCCC(C=O)C(=O)OC. The minimum Gasteiger partial charge on any atom is -0.468 e. The van der Waals surface area contributed by atoms with Gasteiger partial charge in [0.2, 0.25) is 0 Å². The highest BCUT2D eigenvalue weighted by molar-refractivity contribution is 5.87. The Balaban J connectivity index is 3.74. The standard InChI is InChI=1S/C8H14O3/c1-3-4-5-7(6-9)8(10)11-2/h6-7H,3-5H2,1-2H3. The first-order chi connectivity index (χ1) is 5.26. The van der Waals surface area contributed by atoms with Gasteiger partial charge in [-0.3, -0.25) is 4.79 Å². The van der Waals surface area contributed by atoms with E-state index >= 15 is 0 Å². The highest BCUT2D eigenvalue weighted by atomic mass is 16.5. The predicted octanol–water partition coefficient (Wildman–Crippen LogP) is 1.16. The average molecular weight is 158 g/mol. The third kappa shape index (κ3) is 3.75. The lowest BCUT2D eigenvalue weighted by Gasteiger charge is -2.05. The molecular formula is C8H14O3. The van der Waals surface area contributed by atoms with Crippen LogP contribution in [-0.4, -0.2) is 19.4 Å². The maximum absolute atomic E-state index is 10.8. The number of aldehydes is 1. The Bertz CT molecular complexity index is 131. The zero-order chi connectivity index (χ0) is 8.69. The number of hydrogen-bond donors (Lipinski definition) is 0. The van der Waals surface area contributed by atoms with E-state index in [1.807, 2.05) is 6.92 Å². The van der Waals surface area contributed by atoms with Crippen LogP contribution in [0.5, 0.6) is 0 Å². The summed E-state index contributed by atoms with van der Waals surface area (Å²) in [6.07, 6.45) is 3.13. The fraction of sp³-hybridized carbons (Fsp3) is 0.750. The minimum absolute atomic E-state index is 0.423. The molecule has 0 aliphatic heterocycles. The third-order valence-electron chi connectivity index (χ3n) is 1.54. The molecule has 3 nitrogen and oxygen atoms in total. The molecule has 0 bridgehead atoms. The van der Waals surface area contributed by atoms with Crippen LogP contribution in [0.15, 0.2) is 0 Å². The van der Waals surface area contributed by atoms with Crippen molar-refractivity contribution in [3.63, 3.8) is 0 Å². The second-order valence-electron chi connectivity index (χ2n) is 2.41. The van der Waals surface area contributed by atoms with Crippen molar-refractivity contribution >= 4 is 12.3 Å². The normalized spacial score (nSPS) is 12.2. The first-order valence-corrected chi connectivity index (χ1v) is 3.79. The van der Waals surface area contributed by atoms with Crippen LogP contribution in [0.4, 0.5) is 0 Å². The van der Waals surface area contributed by atoms with E-state index in [4.69, 9.17) is 0 Å². The molecule has 0 aromatic heterocycles. The Morgan fingerprint density at radius 1 is 1.64 bits per heavy atom. The molecule has 0 saturated carbocycles. The summed E-state index contributed by atoms with van der Waals surface area (Å²) < 4.78 is 4.43. The fourth-order valence-corrected chi connectivity index (χ4v) is 0.817. The van der Waals surface area contributed by atoms with Crippen molar-refractivity contribution < 1.29 is 14.3 Å². The van der Waals surface area contributed by atoms with Crippen LogP contribution < -0.4 is 0 Å². The fourth-order valence-electron chi connectivity index (χ4n) is 0.817. The van der Waals surface area contributed by atoms with Gasteiger partial charge in [0.15, 0.2) is 0 Å². The molecule has 1 unspecified atom stereocenters. The van der Waals surface area contributed by atoms with E-state index in [1.54, 1.807) is 0 Å². The lowest BCUT2D eigenvalue weighted by Crippen LogP contribution is -2.17. The molecule has 0 fully saturated rings.